The Bertz CT molecular complexity index is 449. The summed E-state index contributed by atoms with van der Waals surface area (Å²) in [7, 11) is 0. The van der Waals surface area contributed by atoms with Crippen molar-refractivity contribution in [3.8, 4) is 11.9 Å². The van der Waals surface area contributed by atoms with E-state index in [-0.39, 0.29) is 5.88 Å². The largest absolute Gasteiger partial charge is 0.474 e. The number of aromatic nitrogens is 2. The number of aryl methyl sites for hydroxylation is 1. The third kappa shape index (κ3) is 3.14. The van der Waals surface area contributed by atoms with Crippen LogP contribution in [0.25, 0.3) is 0 Å². The van der Waals surface area contributed by atoms with Crippen molar-refractivity contribution in [1.29, 1.82) is 5.26 Å². The SMILES string of the molecule is CCC(C)(N)COc1nnc(C)c(C)c1C#N. The Morgan fingerprint density at radius 2 is 2.06 bits per heavy atom. The van der Waals surface area contributed by atoms with E-state index in [0.29, 0.717) is 12.2 Å². The average molecular weight is 234 g/mol. The van der Waals surface area contributed by atoms with Gasteiger partial charge in [0, 0.05) is 5.54 Å². The second-order valence-electron chi connectivity index (χ2n) is 4.50. The molecule has 0 aliphatic heterocycles. The molecule has 92 valence electrons. The van der Waals surface area contributed by atoms with Crippen LogP contribution in [0.4, 0.5) is 0 Å². The molecular formula is C12H18N4O. The highest BCUT2D eigenvalue weighted by Crippen LogP contribution is 2.20. The van der Waals surface area contributed by atoms with Crippen LogP contribution < -0.4 is 10.5 Å². The van der Waals surface area contributed by atoms with E-state index < -0.39 is 5.54 Å². The minimum atomic E-state index is -0.423. The van der Waals surface area contributed by atoms with Crippen LogP contribution >= 0.6 is 0 Å². The molecule has 0 aliphatic carbocycles. The second-order valence-corrected chi connectivity index (χ2v) is 4.50. The number of rotatable bonds is 4. The molecule has 0 fully saturated rings. The van der Waals surface area contributed by atoms with Crippen molar-refractivity contribution in [3.63, 3.8) is 0 Å². The van der Waals surface area contributed by atoms with Gasteiger partial charge in [0.25, 0.3) is 5.88 Å². The van der Waals surface area contributed by atoms with Gasteiger partial charge in [0.1, 0.15) is 18.2 Å². The maximum absolute atomic E-state index is 9.08. The molecule has 1 aromatic rings. The lowest BCUT2D eigenvalue weighted by Crippen LogP contribution is -2.41. The van der Waals surface area contributed by atoms with Crippen molar-refractivity contribution in [3.05, 3.63) is 16.8 Å². The summed E-state index contributed by atoms with van der Waals surface area (Å²) in [5, 5.41) is 16.9. The van der Waals surface area contributed by atoms with Crippen LogP contribution in [0.2, 0.25) is 0 Å². The lowest BCUT2D eigenvalue weighted by molar-refractivity contribution is 0.216. The minimum absolute atomic E-state index is 0.265. The third-order valence-electron chi connectivity index (χ3n) is 2.88. The van der Waals surface area contributed by atoms with Crippen LogP contribution in [0.1, 0.15) is 37.1 Å². The van der Waals surface area contributed by atoms with E-state index in [2.05, 4.69) is 16.3 Å². The predicted molar refractivity (Wildman–Crippen MR) is 64.6 cm³/mol. The zero-order valence-corrected chi connectivity index (χ0v) is 10.7. The number of nitrogens with zero attached hydrogens (tertiary/aromatic N) is 3. The van der Waals surface area contributed by atoms with E-state index in [0.717, 1.165) is 17.7 Å². The molecule has 1 unspecified atom stereocenters. The van der Waals surface area contributed by atoms with Crippen LogP contribution in [-0.4, -0.2) is 22.3 Å². The summed E-state index contributed by atoms with van der Waals surface area (Å²) in [5.74, 6) is 0.265. The van der Waals surface area contributed by atoms with Crippen LogP contribution in [-0.2, 0) is 0 Å². The average Bonchev–Trinajstić information content (AvgIpc) is 2.31. The number of hydrogen-bond acceptors (Lipinski definition) is 5. The topological polar surface area (TPSA) is 84.8 Å². The zero-order chi connectivity index (χ0) is 13.1. The smallest absolute Gasteiger partial charge is 0.251 e. The minimum Gasteiger partial charge on any atom is -0.474 e. The summed E-state index contributed by atoms with van der Waals surface area (Å²) in [6, 6.07) is 2.09. The van der Waals surface area contributed by atoms with Gasteiger partial charge in [0.15, 0.2) is 0 Å². The maximum Gasteiger partial charge on any atom is 0.251 e. The van der Waals surface area contributed by atoms with Gasteiger partial charge in [-0.05, 0) is 32.8 Å². The van der Waals surface area contributed by atoms with Crippen molar-refractivity contribution in [2.75, 3.05) is 6.61 Å². The Hall–Kier alpha value is -1.67. The molecule has 0 amide bonds. The molecule has 1 heterocycles. The van der Waals surface area contributed by atoms with Crippen molar-refractivity contribution < 1.29 is 4.74 Å². The zero-order valence-electron chi connectivity index (χ0n) is 10.7. The van der Waals surface area contributed by atoms with Crippen LogP contribution in [0.15, 0.2) is 0 Å². The molecule has 1 aromatic heterocycles. The highest BCUT2D eigenvalue weighted by atomic mass is 16.5. The first-order valence-corrected chi connectivity index (χ1v) is 5.57. The van der Waals surface area contributed by atoms with Crippen LogP contribution in [0.5, 0.6) is 5.88 Å². The van der Waals surface area contributed by atoms with Crippen molar-refractivity contribution in [2.24, 2.45) is 5.73 Å². The molecule has 0 aliphatic rings. The molecule has 5 heteroatoms. The van der Waals surface area contributed by atoms with Gasteiger partial charge in [-0.3, -0.25) is 0 Å². The van der Waals surface area contributed by atoms with Gasteiger partial charge in [0.05, 0.1) is 5.69 Å². The Labute approximate surface area is 102 Å². The van der Waals surface area contributed by atoms with Crippen LogP contribution in [0.3, 0.4) is 0 Å². The molecule has 0 radical (unpaired) electrons. The molecule has 2 N–H and O–H groups in total. The normalized spacial score (nSPS) is 13.9. The maximum atomic E-state index is 9.08. The fraction of sp³-hybridized carbons (Fsp3) is 0.583. The molecule has 0 saturated heterocycles. The number of nitriles is 1. The molecule has 17 heavy (non-hydrogen) atoms. The predicted octanol–water partition coefficient (Wildman–Crippen LogP) is 1.47. The highest BCUT2D eigenvalue weighted by molar-refractivity contribution is 5.44. The van der Waals surface area contributed by atoms with Gasteiger partial charge in [-0.2, -0.15) is 10.4 Å². The summed E-state index contributed by atoms with van der Waals surface area (Å²) in [6.45, 7) is 7.84. The molecule has 0 saturated carbocycles. The molecule has 0 aromatic carbocycles. The highest BCUT2D eigenvalue weighted by Gasteiger charge is 2.19. The number of nitrogens with two attached hydrogens (primary N) is 1. The summed E-state index contributed by atoms with van der Waals surface area (Å²) >= 11 is 0. The first-order chi connectivity index (χ1) is 7.91. The van der Waals surface area contributed by atoms with E-state index in [1.54, 1.807) is 0 Å². The van der Waals surface area contributed by atoms with Gasteiger partial charge < -0.3 is 10.5 Å². The first kappa shape index (κ1) is 13.4. The monoisotopic (exact) mass is 234 g/mol. The quantitative estimate of drug-likeness (QED) is 0.852. The Morgan fingerprint density at radius 1 is 1.41 bits per heavy atom. The molecular weight excluding hydrogens is 216 g/mol. The van der Waals surface area contributed by atoms with Crippen molar-refractivity contribution >= 4 is 0 Å². The Balaban J connectivity index is 2.94. The van der Waals surface area contributed by atoms with E-state index in [1.165, 1.54) is 0 Å². The number of hydrogen-bond donors (Lipinski definition) is 1. The Morgan fingerprint density at radius 3 is 2.59 bits per heavy atom. The van der Waals surface area contributed by atoms with Crippen molar-refractivity contribution in [2.45, 2.75) is 39.7 Å². The lowest BCUT2D eigenvalue weighted by atomic mass is 10.0. The summed E-state index contributed by atoms with van der Waals surface area (Å²) in [6.07, 6.45) is 0.785. The molecule has 5 nitrogen and oxygen atoms in total. The lowest BCUT2D eigenvalue weighted by Gasteiger charge is -2.22. The second kappa shape index (κ2) is 5.11. The van der Waals surface area contributed by atoms with E-state index >= 15 is 0 Å². The number of ether oxygens (including phenoxy) is 1. The summed E-state index contributed by atoms with van der Waals surface area (Å²) < 4.78 is 5.50. The van der Waals surface area contributed by atoms with Gasteiger partial charge in [-0.15, -0.1) is 5.10 Å². The van der Waals surface area contributed by atoms with E-state index in [9.17, 15) is 0 Å². The summed E-state index contributed by atoms with van der Waals surface area (Å²) in [5.41, 5.74) is 7.51. The van der Waals surface area contributed by atoms with Gasteiger partial charge in [-0.1, -0.05) is 6.92 Å². The van der Waals surface area contributed by atoms with E-state index in [1.807, 2.05) is 27.7 Å². The fourth-order valence-corrected chi connectivity index (χ4v) is 1.15. The first-order valence-electron chi connectivity index (χ1n) is 5.57. The van der Waals surface area contributed by atoms with Gasteiger partial charge >= 0.3 is 0 Å². The third-order valence-corrected chi connectivity index (χ3v) is 2.88. The van der Waals surface area contributed by atoms with Crippen molar-refractivity contribution in [1.82, 2.24) is 10.2 Å². The fourth-order valence-electron chi connectivity index (χ4n) is 1.15. The molecule has 1 atom stereocenters. The molecule has 1 rings (SSSR count). The molecule has 0 bridgehead atoms. The van der Waals surface area contributed by atoms with Gasteiger partial charge in [-0.25, -0.2) is 0 Å². The van der Waals surface area contributed by atoms with Crippen LogP contribution in [0, 0.1) is 25.2 Å². The molecule has 0 spiro atoms. The Kier molecular flexibility index (Phi) is 4.02. The summed E-state index contributed by atoms with van der Waals surface area (Å²) in [4.78, 5) is 0. The van der Waals surface area contributed by atoms with Gasteiger partial charge in [0.2, 0.25) is 0 Å². The van der Waals surface area contributed by atoms with E-state index in [4.69, 9.17) is 15.7 Å². The standard InChI is InChI=1S/C12H18N4O/c1-5-12(4,14)7-17-11-10(6-13)8(2)9(3)15-16-11/h5,7,14H2,1-4H3.